The number of hydrogen-bond acceptors (Lipinski definition) is 5. The molecule has 2 N–H and O–H groups in total. The van der Waals surface area contributed by atoms with Crippen LogP contribution in [0.3, 0.4) is 0 Å². The average molecular weight is 305 g/mol. The first-order valence-corrected chi connectivity index (χ1v) is 7.46. The smallest absolute Gasteiger partial charge is 0.257 e. The molecule has 3 unspecified atom stereocenters. The zero-order chi connectivity index (χ0) is 15.7. The predicted octanol–water partition coefficient (Wildman–Crippen LogP) is 0.685. The Bertz CT molecular complexity index is 592. The fraction of sp³-hybridized carbons (Fsp3) is 0.533. The molecule has 2 aliphatic rings. The number of anilines is 2. The lowest BCUT2D eigenvalue weighted by molar-refractivity contribution is -0.126. The Hall–Kier alpha value is -1.99. The van der Waals surface area contributed by atoms with Crippen LogP contribution in [0.4, 0.5) is 11.5 Å². The minimum atomic E-state index is -0.964. The molecule has 0 bridgehead atoms. The number of ether oxygens (including phenoxy) is 1. The summed E-state index contributed by atoms with van der Waals surface area (Å²) in [5.74, 6) is -0.113. The van der Waals surface area contributed by atoms with E-state index >= 15 is 0 Å². The van der Waals surface area contributed by atoms with Crippen LogP contribution in [0.25, 0.3) is 0 Å². The van der Waals surface area contributed by atoms with Crippen molar-refractivity contribution in [2.75, 3.05) is 16.8 Å². The summed E-state index contributed by atoms with van der Waals surface area (Å²) in [5, 5.41) is 12.3. The van der Waals surface area contributed by atoms with E-state index < -0.39 is 12.2 Å². The molecule has 0 aromatic carbocycles. The molecular weight excluding hydrogens is 286 g/mol. The maximum Gasteiger partial charge on any atom is 0.257 e. The van der Waals surface area contributed by atoms with Crippen molar-refractivity contribution in [3.05, 3.63) is 18.3 Å². The fourth-order valence-electron chi connectivity index (χ4n) is 2.75. The van der Waals surface area contributed by atoms with E-state index in [1.54, 1.807) is 12.1 Å². The van der Waals surface area contributed by atoms with Gasteiger partial charge in [0, 0.05) is 30.9 Å². The molecule has 22 heavy (non-hydrogen) atoms. The lowest BCUT2D eigenvalue weighted by atomic mass is 10.2. The summed E-state index contributed by atoms with van der Waals surface area (Å²) < 4.78 is 5.53. The van der Waals surface area contributed by atoms with E-state index in [1.165, 1.54) is 11.1 Å². The van der Waals surface area contributed by atoms with Crippen molar-refractivity contribution >= 4 is 23.3 Å². The van der Waals surface area contributed by atoms with Crippen molar-refractivity contribution in [2.45, 2.75) is 44.5 Å². The SMILES string of the molecule is CC1CCC(C(=O)Nc2ccnc(N3CCC(O)C3=O)c2)O1. The van der Waals surface area contributed by atoms with Crippen LogP contribution in [0.1, 0.15) is 26.2 Å². The van der Waals surface area contributed by atoms with Gasteiger partial charge in [0.15, 0.2) is 0 Å². The second kappa shape index (κ2) is 6.02. The van der Waals surface area contributed by atoms with Crippen molar-refractivity contribution in [1.82, 2.24) is 4.98 Å². The zero-order valence-corrected chi connectivity index (χ0v) is 12.4. The fourth-order valence-corrected chi connectivity index (χ4v) is 2.75. The van der Waals surface area contributed by atoms with Crippen LogP contribution in [0.15, 0.2) is 18.3 Å². The summed E-state index contributed by atoms with van der Waals surface area (Å²) in [5.41, 5.74) is 0.562. The maximum absolute atomic E-state index is 12.1. The first-order valence-electron chi connectivity index (χ1n) is 7.46. The third kappa shape index (κ3) is 2.95. The summed E-state index contributed by atoms with van der Waals surface area (Å²) in [4.78, 5) is 29.5. The van der Waals surface area contributed by atoms with Gasteiger partial charge in [-0.3, -0.25) is 14.5 Å². The van der Waals surface area contributed by atoms with E-state index in [0.29, 0.717) is 30.9 Å². The number of carbonyl (C=O) groups is 2. The zero-order valence-electron chi connectivity index (χ0n) is 12.4. The molecule has 0 aliphatic carbocycles. The Morgan fingerprint density at radius 3 is 2.91 bits per heavy atom. The van der Waals surface area contributed by atoms with Crippen molar-refractivity contribution < 1.29 is 19.4 Å². The number of aliphatic hydroxyl groups excluding tert-OH is 1. The number of aliphatic hydroxyl groups is 1. The van der Waals surface area contributed by atoms with Gasteiger partial charge in [-0.2, -0.15) is 0 Å². The van der Waals surface area contributed by atoms with Gasteiger partial charge in [-0.1, -0.05) is 0 Å². The highest BCUT2D eigenvalue weighted by atomic mass is 16.5. The van der Waals surface area contributed by atoms with Crippen LogP contribution in [0.2, 0.25) is 0 Å². The minimum Gasteiger partial charge on any atom is -0.383 e. The van der Waals surface area contributed by atoms with Gasteiger partial charge < -0.3 is 15.2 Å². The van der Waals surface area contributed by atoms with E-state index in [0.717, 1.165) is 6.42 Å². The second-order valence-electron chi connectivity index (χ2n) is 5.70. The average Bonchev–Trinajstić information content (AvgIpc) is 3.07. The van der Waals surface area contributed by atoms with E-state index in [4.69, 9.17) is 4.74 Å². The summed E-state index contributed by atoms with van der Waals surface area (Å²) in [6, 6.07) is 3.29. The van der Waals surface area contributed by atoms with Gasteiger partial charge in [0.25, 0.3) is 11.8 Å². The van der Waals surface area contributed by atoms with E-state index in [1.807, 2.05) is 6.92 Å². The third-order valence-corrected chi connectivity index (χ3v) is 3.99. The number of aromatic nitrogens is 1. The first kappa shape index (κ1) is 14.9. The Morgan fingerprint density at radius 1 is 1.45 bits per heavy atom. The number of hydrogen-bond donors (Lipinski definition) is 2. The maximum atomic E-state index is 12.1. The molecule has 2 saturated heterocycles. The Labute approximate surface area is 128 Å². The van der Waals surface area contributed by atoms with Gasteiger partial charge in [-0.25, -0.2) is 4.98 Å². The predicted molar refractivity (Wildman–Crippen MR) is 79.4 cm³/mol. The second-order valence-corrected chi connectivity index (χ2v) is 5.70. The molecule has 1 aromatic heterocycles. The molecule has 7 heteroatoms. The number of pyridine rings is 1. The molecule has 0 radical (unpaired) electrons. The molecule has 2 aliphatic heterocycles. The third-order valence-electron chi connectivity index (χ3n) is 3.99. The summed E-state index contributed by atoms with van der Waals surface area (Å²) in [7, 11) is 0. The van der Waals surface area contributed by atoms with Gasteiger partial charge in [-0.05, 0) is 25.8 Å². The van der Waals surface area contributed by atoms with E-state index in [-0.39, 0.29) is 17.9 Å². The van der Waals surface area contributed by atoms with Crippen LogP contribution in [0.5, 0.6) is 0 Å². The highest BCUT2D eigenvalue weighted by Crippen LogP contribution is 2.24. The number of amides is 2. The van der Waals surface area contributed by atoms with Gasteiger partial charge in [0.2, 0.25) is 0 Å². The van der Waals surface area contributed by atoms with Crippen LogP contribution in [-0.2, 0) is 14.3 Å². The van der Waals surface area contributed by atoms with E-state index in [2.05, 4.69) is 10.3 Å². The normalized spacial score (nSPS) is 28.2. The quantitative estimate of drug-likeness (QED) is 0.857. The molecular formula is C15H19N3O4. The Morgan fingerprint density at radius 2 is 2.27 bits per heavy atom. The van der Waals surface area contributed by atoms with Crippen LogP contribution in [-0.4, -0.2) is 46.8 Å². The van der Waals surface area contributed by atoms with Crippen molar-refractivity contribution in [2.24, 2.45) is 0 Å². The topological polar surface area (TPSA) is 91.8 Å². The molecule has 3 heterocycles. The highest BCUT2D eigenvalue weighted by Gasteiger charge is 2.32. The number of nitrogens with zero attached hydrogens (tertiary/aromatic N) is 2. The van der Waals surface area contributed by atoms with Crippen LogP contribution >= 0.6 is 0 Å². The van der Waals surface area contributed by atoms with Crippen LogP contribution in [0, 0.1) is 0 Å². The monoisotopic (exact) mass is 305 g/mol. The Kier molecular flexibility index (Phi) is 4.08. The summed E-state index contributed by atoms with van der Waals surface area (Å²) >= 11 is 0. The van der Waals surface area contributed by atoms with Gasteiger partial charge in [0.1, 0.15) is 18.0 Å². The molecule has 118 valence electrons. The van der Waals surface area contributed by atoms with Crippen LogP contribution < -0.4 is 10.2 Å². The van der Waals surface area contributed by atoms with Gasteiger partial charge >= 0.3 is 0 Å². The number of nitrogens with one attached hydrogen (secondary N) is 1. The lowest BCUT2D eigenvalue weighted by Gasteiger charge is -2.16. The molecule has 7 nitrogen and oxygen atoms in total. The summed E-state index contributed by atoms with van der Waals surface area (Å²) in [6.07, 6.45) is 2.22. The standard InChI is InChI=1S/C15H19N3O4/c1-9-2-3-12(22-9)14(20)17-10-4-6-16-13(8-10)18-7-5-11(19)15(18)21/h4,6,8-9,11-12,19H,2-3,5,7H2,1H3,(H,16,17,20). The molecule has 0 spiro atoms. The van der Waals surface area contributed by atoms with Gasteiger partial charge in [0.05, 0.1) is 6.10 Å². The molecule has 2 amide bonds. The molecule has 0 saturated carbocycles. The molecule has 3 atom stereocenters. The van der Waals surface area contributed by atoms with E-state index in [9.17, 15) is 14.7 Å². The molecule has 3 rings (SSSR count). The Balaban J connectivity index is 1.69. The molecule has 1 aromatic rings. The number of rotatable bonds is 3. The largest absolute Gasteiger partial charge is 0.383 e. The van der Waals surface area contributed by atoms with Gasteiger partial charge in [-0.15, -0.1) is 0 Å². The minimum absolute atomic E-state index is 0.104. The summed E-state index contributed by atoms with van der Waals surface area (Å²) in [6.45, 7) is 2.37. The van der Waals surface area contributed by atoms with Crippen molar-refractivity contribution in [3.8, 4) is 0 Å². The number of carbonyl (C=O) groups excluding carboxylic acids is 2. The van der Waals surface area contributed by atoms with Crippen molar-refractivity contribution in [1.29, 1.82) is 0 Å². The molecule has 2 fully saturated rings. The highest BCUT2D eigenvalue weighted by molar-refractivity contribution is 5.99. The van der Waals surface area contributed by atoms with Crippen molar-refractivity contribution in [3.63, 3.8) is 0 Å². The first-order chi connectivity index (χ1) is 10.5. The lowest BCUT2D eigenvalue weighted by Crippen LogP contribution is -2.30.